The van der Waals surface area contributed by atoms with Gasteiger partial charge in [-0.05, 0) is 36.6 Å². The second-order valence-corrected chi connectivity index (χ2v) is 4.83. The SMILES string of the molecule is [N-]=[N+]=NCC1(Nc2cc(Cl)cc(Cl)c2)CC1. The van der Waals surface area contributed by atoms with Gasteiger partial charge < -0.3 is 5.32 Å². The molecule has 0 unspecified atom stereocenters. The molecule has 0 bridgehead atoms. The molecule has 0 radical (unpaired) electrons. The summed E-state index contributed by atoms with van der Waals surface area (Å²) in [5.74, 6) is 0. The Kier molecular flexibility index (Phi) is 3.15. The predicted octanol–water partition coefficient (Wildman–Crippen LogP) is 4.25. The van der Waals surface area contributed by atoms with Crippen molar-refractivity contribution in [3.05, 3.63) is 38.7 Å². The molecule has 1 saturated carbocycles. The number of azide groups is 1. The van der Waals surface area contributed by atoms with Crippen molar-refractivity contribution in [1.29, 1.82) is 0 Å². The zero-order chi connectivity index (χ0) is 11.6. The average Bonchev–Trinajstić information content (AvgIpc) is 2.94. The molecule has 6 heteroatoms. The van der Waals surface area contributed by atoms with Crippen LogP contribution in [0.2, 0.25) is 10.0 Å². The zero-order valence-corrected chi connectivity index (χ0v) is 9.96. The van der Waals surface area contributed by atoms with Gasteiger partial charge in [0.2, 0.25) is 0 Å². The summed E-state index contributed by atoms with van der Waals surface area (Å²) in [4.78, 5) is 2.77. The number of anilines is 1. The van der Waals surface area contributed by atoms with Gasteiger partial charge in [-0.25, -0.2) is 0 Å². The van der Waals surface area contributed by atoms with Crippen LogP contribution in [0, 0.1) is 0 Å². The molecule has 0 aliphatic heterocycles. The summed E-state index contributed by atoms with van der Waals surface area (Å²) >= 11 is 11.8. The lowest BCUT2D eigenvalue weighted by molar-refractivity contribution is 0.738. The maximum atomic E-state index is 8.30. The third-order valence-corrected chi connectivity index (χ3v) is 3.00. The molecular formula is C10H10Cl2N4. The van der Waals surface area contributed by atoms with Gasteiger partial charge in [0.25, 0.3) is 0 Å². The fourth-order valence-electron chi connectivity index (χ4n) is 1.57. The third kappa shape index (κ3) is 2.73. The van der Waals surface area contributed by atoms with E-state index in [-0.39, 0.29) is 5.54 Å². The third-order valence-electron chi connectivity index (χ3n) is 2.56. The Balaban J connectivity index is 2.11. The lowest BCUT2D eigenvalue weighted by Crippen LogP contribution is -2.24. The standard InChI is InChI=1S/C10H10Cl2N4/c11-7-3-8(12)5-9(4-7)15-10(1-2-10)6-14-16-13/h3-5,15H,1-2,6H2. The number of rotatable bonds is 4. The van der Waals surface area contributed by atoms with Crippen LogP contribution < -0.4 is 5.32 Å². The summed E-state index contributed by atoms with van der Waals surface area (Å²) in [6.45, 7) is 0.452. The normalized spacial score (nSPS) is 16.4. The van der Waals surface area contributed by atoms with E-state index in [2.05, 4.69) is 15.3 Å². The highest BCUT2D eigenvalue weighted by atomic mass is 35.5. The second kappa shape index (κ2) is 4.42. The fourth-order valence-corrected chi connectivity index (χ4v) is 2.10. The summed E-state index contributed by atoms with van der Waals surface area (Å²) in [6, 6.07) is 5.30. The Bertz CT molecular complexity index is 430. The molecule has 0 aromatic heterocycles. The number of halogens is 2. The molecular weight excluding hydrogens is 247 g/mol. The average molecular weight is 257 g/mol. The summed E-state index contributed by atoms with van der Waals surface area (Å²) < 4.78 is 0. The molecule has 0 spiro atoms. The van der Waals surface area contributed by atoms with Crippen LogP contribution in [-0.4, -0.2) is 12.1 Å². The molecule has 16 heavy (non-hydrogen) atoms. The summed E-state index contributed by atoms with van der Waals surface area (Å²) in [5, 5.41) is 8.10. The van der Waals surface area contributed by atoms with Gasteiger partial charge in [0.15, 0.2) is 0 Å². The van der Waals surface area contributed by atoms with Gasteiger partial charge in [0.1, 0.15) is 0 Å². The molecule has 1 aliphatic carbocycles. The number of hydrogen-bond acceptors (Lipinski definition) is 2. The molecule has 2 rings (SSSR count). The van der Waals surface area contributed by atoms with Crippen LogP contribution in [0.4, 0.5) is 5.69 Å². The first kappa shape index (κ1) is 11.4. The molecule has 4 nitrogen and oxygen atoms in total. The summed E-state index contributed by atoms with van der Waals surface area (Å²) in [5.41, 5.74) is 9.07. The van der Waals surface area contributed by atoms with Crippen LogP contribution in [0.25, 0.3) is 10.4 Å². The zero-order valence-electron chi connectivity index (χ0n) is 8.45. The Hall–Kier alpha value is -1.09. The minimum Gasteiger partial charge on any atom is -0.379 e. The molecule has 84 valence electrons. The van der Waals surface area contributed by atoms with Crippen molar-refractivity contribution in [1.82, 2.24) is 0 Å². The Morgan fingerprint density at radius 2 is 1.94 bits per heavy atom. The van der Waals surface area contributed by atoms with E-state index in [9.17, 15) is 0 Å². The van der Waals surface area contributed by atoms with E-state index < -0.39 is 0 Å². The van der Waals surface area contributed by atoms with E-state index in [1.165, 1.54) is 0 Å². The van der Waals surface area contributed by atoms with Gasteiger partial charge in [-0.3, -0.25) is 0 Å². The van der Waals surface area contributed by atoms with Crippen molar-refractivity contribution in [2.45, 2.75) is 18.4 Å². The Labute approximate surface area is 103 Å². The van der Waals surface area contributed by atoms with Crippen LogP contribution in [0.3, 0.4) is 0 Å². The molecule has 1 aromatic rings. The lowest BCUT2D eigenvalue weighted by atomic mass is 10.2. The van der Waals surface area contributed by atoms with Gasteiger partial charge in [-0.2, -0.15) is 0 Å². The predicted molar refractivity (Wildman–Crippen MR) is 66.1 cm³/mol. The van der Waals surface area contributed by atoms with Crippen molar-refractivity contribution in [2.75, 3.05) is 11.9 Å². The topological polar surface area (TPSA) is 60.8 Å². The maximum Gasteiger partial charge on any atom is 0.0489 e. The van der Waals surface area contributed by atoms with Gasteiger partial charge in [-0.15, -0.1) is 0 Å². The lowest BCUT2D eigenvalue weighted by Gasteiger charge is -2.16. The first-order valence-corrected chi connectivity index (χ1v) is 5.64. The van der Waals surface area contributed by atoms with Crippen LogP contribution in [0.15, 0.2) is 23.3 Å². The van der Waals surface area contributed by atoms with Crippen molar-refractivity contribution >= 4 is 28.9 Å². The van der Waals surface area contributed by atoms with Crippen molar-refractivity contribution in [2.24, 2.45) is 5.11 Å². The second-order valence-electron chi connectivity index (χ2n) is 3.95. The van der Waals surface area contributed by atoms with Crippen LogP contribution in [0.5, 0.6) is 0 Å². The smallest absolute Gasteiger partial charge is 0.0489 e. The Morgan fingerprint density at radius 1 is 1.31 bits per heavy atom. The van der Waals surface area contributed by atoms with Gasteiger partial charge in [-0.1, -0.05) is 28.3 Å². The fraction of sp³-hybridized carbons (Fsp3) is 0.400. The first-order chi connectivity index (χ1) is 7.63. The number of nitrogens with one attached hydrogen (secondary N) is 1. The van der Waals surface area contributed by atoms with E-state index in [0.29, 0.717) is 16.6 Å². The summed E-state index contributed by atoms with van der Waals surface area (Å²) in [7, 11) is 0. The highest BCUT2D eigenvalue weighted by Crippen LogP contribution is 2.40. The van der Waals surface area contributed by atoms with E-state index >= 15 is 0 Å². The van der Waals surface area contributed by atoms with Gasteiger partial charge in [0.05, 0.1) is 0 Å². The minimum atomic E-state index is -0.0970. The molecule has 0 heterocycles. The largest absolute Gasteiger partial charge is 0.379 e. The molecule has 1 fully saturated rings. The number of nitrogens with zero attached hydrogens (tertiary/aromatic N) is 3. The van der Waals surface area contributed by atoms with E-state index in [1.807, 2.05) is 12.1 Å². The van der Waals surface area contributed by atoms with Crippen LogP contribution >= 0.6 is 23.2 Å². The first-order valence-electron chi connectivity index (χ1n) is 4.89. The van der Waals surface area contributed by atoms with Gasteiger partial charge >= 0.3 is 0 Å². The van der Waals surface area contributed by atoms with Gasteiger partial charge in [0, 0.05) is 32.7 Å². The van der Waals surface area contributed by atoms with Crippen molar-refractivity contribution < 1.29 is 0 Å². The molecule has 0 amide bonds. The number of hydrogen-bond donors (Lipinski definition) is 1. The van der Waals surface area contributed by atoms with Crippen molar-refractivity contribution in [3.8, 4) is 0 Å². The van der Waals surface area contributed by atoms with E-state index in [4.69, 9.17) is 28.7 Å². The molecule has 1 aromatic carbocycles. The molecule has 1 N–H and O–H groups in total. The molecule has 0 atom stereocenters. The molecule has 1 aliphatic rings. The quantitative estimate of drug-likeness (QED) is 0.489. The van der Waals surface area contributed by atoms with Crippen LogP contribution in [-0.2, 0) is 0 Å². The van der Waals surface area contributed by atoms with Crippen molar-refractivity contribution in [3.63, 3.8) is 0 Å². The minimum absolute atomic E-state index is 0.0970. The monoisotopic (exact) mass is 256 g/mol. The maximum absolute atomic E-state index is 8.30. The Morgan fingerprint density at radius 3 is 2.44 bits per heavy atom. The van der Waals surface area contributed by atoms with Crippen LogP contribution in [0.1, 0.15) is 12.8 Å². The van der Waals surface area contributed by atoms with E-state index in [1.54, 1.807) is 6.07 Å². The molecule has 0 saturated heterocycles. The highest BCUT2D eigenvalue weighted by Gasteiger charge is 2.41. The highest BCUT2D eigenvalue weighted by molar-refractivity contribution is 6.35. The number of benzene rings is 1. The van der Waals surface area contributed by atoms with E-state index in [0.717, 1.165) is 18.5 Å². The summed E-state index contributed by atoms with van der Waals surface area (Å²) in [6.07, 6.45) is 1.99.